The van der Waals surface area contributed by atoms with E-state index in [0.717, 1.165) is 50.2 Å². The Bertz CT molecular complexity index is 1440. The fraction of sp³-hybridized carbons (Fsp3) is 0.200. The van der Waals surface area contributed by atoms with Gasteiger partial charge in [0, 0.05) is 12.1 Å². The van der Waals surface area contributed by atoms with E-state index < -0.39 is 0 Å². The predicted molar refractivity (Wildman–Crippen MR) is 135 cm³/mol. The summed E-state index contributed by atoms with van der Waals surface area (Å²) in [5.74, 6) is 0.731. The maximum absolute atomic E-state index is 13.5. The number of nitrogens with zero attached hydrogens (tertiary/aromatic N) is 1. The van der Waals surface area contributed by atoms with E-state index in [-0.39, 0.29) is 5.82 Å². The summed E-state index contributed by atoms with van der Waals surface area (Å²) in [4.78, 5) is 0. The summed E-state index contributed by atoms with van der Waals surface area (Å²) >= 11 is 0. The average Bonchev–Trinajstić information content (AvgIpc) is 3.18. The molecule has 0 spiro atoms. The van der Waals surface area contributed by atoms with Crippen LogP contribution in [-0.2, 0) is 0 Å². The molecule has 0 aliphatic carbocycles. The molecule has 2 heterocycles. The van der Waals surface area contributed by atoms with Gasteiger partial charge in [0.05, 0.1) is 23.2 Å². The van der Waals surface area contributed by atoms with Crippen LogP contribution >= 0.6 is 0 Å². The van der Waals surface area contributed by atoms with E-state index >= 15 is 0 Å². The molecule has 166 valence electrons. The number of allylic oxidation sites excluding steroid dienone is 2. The third kappa shape index (κ3) is 3.58. The Hall–Kier alpha value is -3.59. The van der Waals surface area contributed by atoms with Crippen molar-refractivity contribution >= 4 is 28.7 Å². The second-order valence-corrected chi connectivity index (χ2v) is 9.27. The molecule has 33 heavy (non-hydrogen) atoms. The summed E-state index contributed by atoms with van der Waals surface area (Å²) in [6.45, 7) is 13.1. The predicted octanol–water partition coefficient (Wildman–Crippen LogP) is 8.04. The molecule has 1 atom stereocenters. The summed E-state index contributed by atoms with van der Waals surface area (Å²) < 4.78 is 22.0. The molecule has 0 radical (unpaired) electrons. The van der Waals surface area contributed by atoms with Gasteiger partial charge in [-0.25, -0.2) is 4.39 Å². The molecule has 0 N–H and O–H groups in total. The van der Waals surface area contributed by atoms with Gasteiger partial charge in [-0.15, -0.1) is 29.4 Å². The highest BCUT2D eigenvalue weighted by Gasteiger charge is 2.26. The fourth-order valence-electron chi connectivity index (χ4n) is 4.56. The molecule has 5 rings (SSSR count). The third-order valence-corrected chi connectivity index (χ3v) is 6.87. The Morgan fingerprint density at radius 1 is 1.00 bits per heavy atom. The summed E-state index contributed by atoms with van der Waals surface area (Å²) in [6.07, 6.45) is 6.43. The van der Waals surface area contributed by atoms with E-state index in [2.05, 4.69) is 64.8 Å². The lowest BCUT2D eigenvalue weighted by molar-refractivity contribution is -0.418. The van der Waals surface area contributed by atoms with Gasteiger partial charge in [-0.05, 0) is 35.4 Å². The van der Waals surface area contributed by atoms with E-state index in [1.165, 1.54) is 17.7 Å². The van der Waals surface area contributed by atoms with Gasteiger partial charge < -0.3 is 4.58 Å². The molecule has 4 aromatic rings. The molecule has 3 aromatic carbocycles. The molecular formula is C30H28FNO. The Kier molecular flexibility index (Phi) is 5.20. The van der Waals surface area contributed by atoms with Gasteiger partial charge in [0.25, 0.3) is 5.58 Å². The maximum Gasteiger partial charge on any atom is 0.352 e. The Labute approximate surface area is 194 Å². The first-order valence-corrected chi connectivity index (χ1v) is 11.4. The largest absolute Gasteiger partial charge is 0.352 e. The number of furan rings is 1. The lowest BCUT2D eigenvalue weighted by atomic mass is 9.86. The van der Waals surface area contributed by atoms with Crippen molar-refractivity contribution in [2.75, 3.05) is 0 Å². The van der Waals surface area contributed by atoms with Crippen LogP contribution in [-0.4, -0.2) is 11.3 Å². The van der Waals surface area contributed by atoms with Crippen LogP contribution < -0.4 is 0 Å². The minimum absolute atomic E-state index is 0.246. The van der Waals surface area contributed by atoms with Gasteiger partial charge in [0.1, 0.15) is 5.82 Å². The zero-order valence-corrected chi connectivity index (χ0v) is 19.5. The van der Waals surface area contributed by atoms with E-state index in [1.54, 1.807) is 12.1 Å². The number of hydrogen-bond donors (Lipinski definition) is 0. The first-order valence-electron chi connectivity index (χ1n) is 11.4. The molecule has 2 nitrogen and oxygen atoms in total. The van der Waals surface area contributed by atoms with E-state index in [4.69, 9.17) is 4.42 Å². The monoisotopic (exact) mass is 437 g/mol. The van der Waals surface area contributed by atoms with E-state index in [0.29, 0.717) is 11.8 Å². The lowest BCUT2D eigenvalue weighted by Crippen LogP contribution is -2.19. The number of hydrogen-bond acceptors (Lipinski definition) is 0. The Balaban J connectivity index is 1.74. The first kappa shape index (κ1) is 21.3. The van der Waals surface area contributed by atoms with Crippen LogP contribution in [0.5, 0.6) is 0 Å². The van der Waals surface area contributed by atoms with Crippen molar-refractivity contribution < 1.29 is 13.4 Å². The van der Waals surface area contributed by atoms with Crippen LogP contribution in [0.2, 0.25) is 0 Å². The fourth-order valence-corrected chi connectivity index (χ4v) is 4.56. The number of aryl methyl sites for hydroxylation is 1. The van der Waals surface area contributed by atoms with Crippen LogP contribution in [0.4, 0.5) is 4.39 Å². The zero-order valence-electron chi connectivity index (χ0n) is 19.5. The van der Waals surface area contributed by atoms with Crippen molar-refractivity contribution in [2.24, 2.45) is 11.8 Å². The summed E-state index contributed by atoms with van der Waals surface area (Å²) in [6, 6.07) is 18.0. The second kappa shape index (κ2) is 8.08. The molecule has 0 bridgehead atoms. The highest BCUT2D eigenvalue weighted by molar-refractivity contribution is 6.11. The summed E-state index contributed by atoms with van der Waals surface area (Å²) in [7, 11) is 0. The SMILES string of the molecule is C=[N+]1C=CC(C(C)C(C)C)=C[C-]1c1c(C)ccc2c3cccc(-c4ccc(F)cc4)c3[o+][c-]12. The topological polar surface area (TPSA) is 14.3 Å². The average molecular weight is 438 g/mol. The van der Waals surface area contributed by atoms with Crippen molar-refractivity contribution in [1.29, 1.82) is 0 Å². The Morgan fingerprint density at radius 2 is 1.76 bits per heavy atom. The molecule has 3 heteroatoms. The van der Waals surface area contributed by atoms with Gasteiger partial charge in [0.2, 0.25) is 0 Å². The standard InChI is InChI=1S/C30H28FNO/c1-18(2)20(4)22-15-16-32(5)27(17-22)28-19(3)9-14-26-25-8-6-7-24(29(25)33-30(26)28)21-10-12-23(31)13-11-21/h6-18,20H,5H2,1-4H3. The third-order valence-electron chi connectivity index (χ3n) is 6.87. The minimum atomic E-state index is -0.246. The van der Waals surface area contributed by atoms with Gasteiger partial charge in [0.15, 0.2) is 0 Å². The number of rotatable bonds is 4. The van der Waals surface area contributed by atoms with E-state index in [9.17, 15) is 4.39 Å². The molecule has 0 fully saturated rings. The van der Waals surface area contributed by atoms with Crippen molar-refractivity contribution in [2.45, 2.75) is 27.7 Å². The quantitative estimate of drug-likeness (QED) is 0.179. The molecular weight excluding hydrogens is 409 g/mol. The molecule has 1 unspecified atom stereocenters. The van der Waals surface area contributed by atoms with Crippen LogP contribution in [0.3, 0.4) is 0 Å². The maximum atomic E-state index is 13.5. The highest BCUT2D eigenvalue weighted by Crippen LogP contribution is 2.41. The van der Waals surface area contributed by atoms with Gasteiger partial charge in [-0.1, -0.05) is 63.8 Å². The lowest BCUT2D eigenvalue weighted by Gasteiger charge is -2.30. The van der Waals surface area contributed by atoms with Crippen molar-refractivity contribution in [1.82, 2.24) is 0 Å². The van der Waals surface area contributed by atoms with Crippen molar-refractivity contribution in [3.63, 3.8) is 0 Å². The van der Waals surface area contributed by atoms with Crippen molar-refractivity contribution in [3.05, 3.63) is 102 Å². The molecule has 0 saturated heterocycles. The van der Waals surface area contributed by atoms with Crippen LogP contribution in [0, 0.1) is 30.6 Å². The van der Waals surface area contributed by atoms with Gasteiger partial charge >= 0.3 is 5.58 Å². The van der Waals surface area contributed by atoms with Gasteiger partial charge in [-0.3, -0.25) is 4.42 Å². The van der Waals surface area contributed by atoms with Crippen LogP contribution in [0.1, 0.15) is 31.9 Å². The molecule has 1 aliphatic heterocycles. The van der Waals surface area contributed by atoms with E-state index in [1.807, 2.05) is 22.9 Å². The van der Waals surface area contributed by atoms with Gasteiger partial charge in [-0.2, -0.15) is 0 Å². The summed E-state index contributed by atoms with van der Waals surface area (Å²) in [5.41, 5.74) is 7.04. The van der Waals surface area contributed by atoms with Crippen molar-refractivity contribution in [3.8, 4) is 11.1 Å². The molecule has 1 aromatic heterocycles. The zero-order chi connectivity index (χ0) is 23.3. The van der Waals surface area contributed by atoms with Crippen LogP contribution in [0.15, 0.2) is 82.9 Å². The number of halogens is 1. The number of fused-ring (bicyclic) bond motifs is 3. The summed E-state index contributed by atoms with van der Waals surface area (Å²) in [5, 5.41) is 2.12. The highest BCUT2D eigenvalue weighted by atomic mass is 19.1. The minimum Gasteiger partial charge on any atom is -0.336 e. The molecule has 1 aliphatic rings. The number of benzene rings is 3. The van der Waals surface area contributed by atoms with Crippen LogP contribution in [0.25, 0.3) is 33.1 Å². The first-order chi connectivity index (χ1) is 15.8. The normalized spacial score (nSPS) is 15.0. The number of para-hydroxylation sites is 1. The molecule has 0 amide bonds. The molecule has 0 saturated carbocycles. The second-order valence-electron chi connectivity index (χ2n) is 9.27. The Morgan fingerprint density at radius 3 is 2.48 bits per heavy atom. The smallest absolute Gasteiger partial charge is 0.336 e.